The van der Waals surface area contributed by atoms with Crippen molar-refractivity contribution >= 4 is 29.1 Å². The van der Waals surface area contributed by atoms with E-state index in [1.807, 2.05) is 0 Å². The Hall–Kier alpha value is -0.850. The Morgan fingerprint density at radius 3 is 2.82 bits per heavy atom. The zero-order chi connectivity index (χ0) is 15.9. The summed E-state index contributed by atoms with van der Waals surface area (Å²) in [5.74, 6) is -0.190. The fraction of sp³-hybridized carbons (Fsp3) is 0.533. The summed E-state index contributed by atoms with van der Waals surface area (Å²) in [7, 11) is 0. The van der Waals surface area contributed by atoms with Gasteiger partial charge in [0.2, 0.25) is 5.91 Å². The monoisotopic (exact) mass is 346 g/mol. The second-order valence-electron chi connectivity index (χ2n) is 5.26. The molecule has 0 aliphatic carbocycles. The summed E-state index contributed by atoms with van der Waals surface area (Å²) >= 11 is 12.0. The van der Waals surface area contributed by atoms with Crippen LogP contribution in [0.2, 0.25) is 10.0 Å². The molecular weight excluding hydrogens is 327 g/mol. The number of halogens is 2. The van der Waals surface area contributed by atoms with Gasteiger partial charge in [0.25, 0.3) is 0 Å². The summed E-state index contributed by atoms with van der Waals surface area (Å²) in [5, 5.41) is 13.5. The summed E-state index contributed by atoms with van der Waals surface area (Å²) < 4.78 is 5.25. The Kier molecular flexibility index (Phi) is 6.92. The first-order valence-corrected chi connectivity index (χ1v) is 7.99. The van der Waals surface area contributed by atoms with Gasteiger partial charge in [0.1, 0.15) is 0 Å². The van der Waals surface area contributed by atoms with Gasteiger partial charge in [0.05, 0.1) is 35.8 Å². The lowest BCUT2D eigenvalue weighted by Gasteiger charge is -2.28. The van der Waals surface area contributed by atoms with Crippen molar-refractivity contribution in [3.63, 3.8) is 0 Å². The number of morpholine rings is 1. The number of nitrogens with zero attached hydrogens (tertiary/aromatic N) is 1. The SMILES string of the molecule is O=C(Cc1cccc(Cl)c1Cl)NC[C@H](O)CN1CCOCC1. The highest BCUT2D eigenvalue weighted by molar-refractivity contribution is 6.42. The smallest absolute Gasteiger partial charge is 0.224 e. The molecule has 0 radical (unpaired) electrons. The Balaban J connectivity index is 1.73. The van der Waals surface area contributed by atoms with Crippen LogP contribution < -0.4 is 5.32 Å². The van der Waals surface area contributed by atoms with E-state index in [1.165, 1.54) is 0 Å². The van der Waals surface area contributed by atoms with Crippen molar-refractivity contribution in [2.75, 3.05) is 39.4 Å². The molecule has 0 saturated carbocycles. The standard InChI is InChI=1S/C15H20Cl2N2O3/c16-13-3-1-2-11(15(13)17)8-14(21)18-9-12(20)10-19-4-6-22-7-5-19/h1-3,12,20H,4-10H2,(H,18,21)/t12-/m0/s1. The van der Waals surface area contributed by atoms with Crippen molar-refractivity contribution in [3.05, 3.63) is 33.8 Å². The van der Waals surface area contributed by atoms with Crippen LogP contribution in [0, 0.1) is 0 Å². The lowest BCUT2D eigenvalue weighted by atomic mass is 10.1. The third-order valence-electron chi connectivity index (χ3n) is 3.49. The Morgan fingerprint density at radius 2 is 2.09 bits per heavy atom. The first-order valence-electron chi connectivity index (χ1n) is 7.24. The minimum Gasteiger partial charge on any atom is -0.390 e. The van der Waals surface area contributed by atoms with E-state index in [9.17, 15) is 9.90 Å². The topological polar surface area (TPSA) is 61.8 Å². The molecule has 7 heteroatoms. The maximum absolute atomic E-state index is 11.9. The third-order valence-corrected chi connectivity index (χ3v) is 4.35. The lowest BCUT2D eigenvalue weighted by Crippen LogP contribution is -2.44. The molecule has 1 aliphatic heterocycles. The molecular formula is C15H20Cl2N2O3. The Labute approximate surface area is 140 Å². The Morgan fingerprint density at radius 1 is 1.36 bits per heavy atom. The van der Waals surface area contributed by atoms with Gasteiger partial charge in [0, 0.05) is 26.2 Å². The van der Waals surface area contributed by atoms with Crippen LogP contribution in [-0.4, -0.2) is 61.4 Å². The number of carbonyl (C=O) groups excluding carboxylic acids is 1. The van der Waals surface area contributed by atoms with Crippen LogP contribution in [0.15, 0.2) is 18.2 Å². The van der Waals surface area contributed by atoms with Gasteiger partial charge in [-0.25, -0.2) is 0 Å². The fourth-order valence-corrected chi connectivity index (χ4v) is 2.69. The molecule has 0 unspecified atom stereocenters. The molecule has 5 nitrogen and oxygen atoms in total. The number of aliphatic hydroxyl groups excluding tert-OH is 1. The minimum atomic E-state index is -0.600. The number of ether oxygens (including phenoxy) is 1. The number of aliphatic hydroxyl groups is 1. The molecule has 1 heterocycles. The van der Waals surface area contributed by atoms with Crippen LogP contribution in [0.5, 0.6) is 0 Å². The molecule has 22 heavy (non-hydrogen) atoms. The Bertz CT molecular complexity index is 508. The van der Waals surface area contributed by atoms with E-state index in [1.54, 1.807) is 18.2 Å². The lowest BCUT2D eigenvalue weighted by molar-refractivity contribution is -0.121. The molecule has 2 N–H and O–H groups in total. The van der Waals surface area contributed by atoms with Crippen molar-refractivity contribution in [1.29, 1.82) is 0 Å². The molecule has 1 aliphatic rings. The maximum atomic E-state index is 11.9. The second kappa shape index (κ2) is 8.70. The highest BCUT2D eigenvalue weighted by Gasteiger charge is 2.16. The number of β-amino-alcohol motifs (C(OH)–C–C–N with tert-alkyl or cyclic N) is 1. The average Bonchev–Trinajstić information content (AvgIpc) is 2.51. The number of hydrogen-bond acceptors (Lipinski definition) is 4. The highest BCUT2D eigenvalue weighted by atomic mass is 35.5. The molecule has 1 atom stereocenters. The molecule has 1 aromatic carbocycles. The first kappa shape index (κ1) is 17.5. The number of carbonyl (C=O) groups is 1. The molecule has 0 aromatic heterocycles. The van der Waals surface area contributed by atoms with E-state index in [4.69, 9.17) is 27.9 Å². The summed E-state index contributed by atoms with van der Waals surface area (Å²) in [6, 6.07) is 5.19. The summed E-state index contributed by atoms with van der Waals surface area (Å²) in [6.45, 7) is 3.74. The third kappa shape index (κ3) is 5.41. The number of rotatable bonds is 6. The van der Waals surface area contributed by atoms with Crippen molar-refractivity contribution < 1.29 is 14.6 Å². The van der Waals surface area contributed by atoms with Crippen molar-refractivity contribution in [2.45, 2.75) is 12.5 Å². The highest BCUT2D eigenvalue weighted by Crippen LogP contribution is 2.25. The maximum Gasteiger partial charge on any atom is 0.224 e. The predicted octanol–water partition coefficient (Wildman–Crippen LogP) is 1.35. The van der Waals surface area contributed by atoms with Gasteiger partial charge >= 0.3 is 0 Å². The zero-order valence-corrected chi connectivity index (χ0v) is 13.7. The molecule has 1 fully saturated rings. The van der Waals surface area contributed by atoms with Gasteiger partial charge in [-0.1, -0.05) is 35.3 Å². The van der Waals surface area contributed by atoms with E-state index in [0.717, 1.165) is 13.1 Å². The predicted molar refractivity (Wildman–Crippen MR) is 86.4 cm³/mol. The molecule has 1 amide bonds. The number of benzene rings is 1. The summed E-state index contributed by atoms with van der Waals surface area (Å²) in [6.07, 6.45) is -0.458. The zero-order valence-electron chi connectivity index (χ0n) is 12.2. The van der Waals surface area contributed by atoms with Gasteiger partial charge in [-0.2, -0.15) is 0 Å². The molecule has 2 rings (SSSR count). The van der Waals surface area contributed by atoms with Crippen LogP contribution in [0.3, 0.4) is 0 Å². The van der Waals surface area contributed by atoms with Crippen LogP contribution in [0.4, 0.5) is 0 Å². The van der Waals surface area contributed by atoms with Crippen LogP contribution in [-0.2, 0) is 16.0 Å². The summed E-state index contributed by atoms with van der Waals surface area (Å²) in [5.41, 5.74) is 0.675. The number of hydrogen-bond donors (Lipinski definition) is 2. The van der Waals surface area contributed by atoms with Gasteiger partial charge in [-0.3, -0.25) is 9.69 Å². The fourth-order valence-electron chi connectivity index (χ4n) is 2.30. The normalized spacial score (nSPS) is 17.2. The van der Waals surface area contributed by atoms with Gasteiger partial charge < -0.3 is 15.2 Å². The van der Waals surface area contributed by atoms with Crippen molar-refractivity contribution in [1.82, 2.24) is 10.2 Å². The van der Waals surface area contributed by atoms with Crippen LogP contribution in [0.1, 0.15) is 5.56 Å². The van der Waals surface area contributed by atoms with Crippen molar-refractivity contribution in [2.24, 2.45) is 0 Å². The van der Waals surface area contributed by atoms with E-state index < -0.39 is 6.10 Å². The summed E-state index contributed by atoms with van der Waals surface area (Å²) in [4.78, 5) is 14.0. The van der Waals surface area contributed by atoms with Gasteiger partial charge in [0.15, 0.2) is 0 Å². The van der Waals surface area contributed by atoms with Crippen molar-refractivity contribution in [3.8, 4) is 0 Å². The van der Waals surface area contributed by atoms with Gasteiger partial charge in [-0.05, 0) is 11.6 Å². The molecule has 0 bridgehead atoms. The van der Waals surface area contributed by atoms with Gasteiger partial charge in [-0.15, -0.1) is 0 Å². The largest absolute Gasteiger partial charge is 0.390 e. The molecule has 1 saturated heterocycles. The number of nitrogens with one attached hydrogen (secondary N) is 1. The minimum absolute atomic E-state index is 0.143. The molecule has 0 spiro atoms. The van der Waals surface area contributed by atoms with Crippen LogP contribution >= 0.6 is 23.2 Å². The van der Waals surface area contributed by atoms with Crippen LogP contribution in [0.25, 0.3) is 0 Å². The number of amides is 1. The van der Waals surface area contributed by atoms with E-state index >= 15 is 0 Å². The quantitative estimate of drug-likeness (QED) is 0.816. The second-order valence-corrected chi connectivity index (χ2v) is 6.05. The van der Waals surface area contributed by atoms with E-state index in [-0.39, 0.29) is 18.9 Å². The average molecular weight is 347 g/mol. The molecule has 1 aromatic rings. The van der Waals surface area contributed by atoms with E-state index in [2.05, 4.69) is 10.2 Å². The van der Waals surface area contributed by atoms with E-state index in [0.29, 0.717) is 35.4 Å². The molecule has 122 valence electrons. The first-order chi connectivity index (χ1) is 10.6.